The molecule has 2 heterocycles. The van der Waals surface area contributed by atoms with Gasteiger partial charge in [-0.15, -0.1) is 11.3 Å². The van der Waals surface area contributed by atoms with Gasteiger partial charge >= 0.3 is 0 Å². The molecule has 2 aromatic heterocycles. The van der Waals surface area contributed by atoms with Gasteiger partial charge < -0.3 is 13.9 Å². The molecule has 3 rings (SSSR count). The molecule has 0 aliphatic heterocycles. The second-order valence-corrected chi connectivity index (χ2v) is 5.93. The number of nitrogens with zero attached hydrogens (tertiary/aromatic N) is 1. The Morgan fingerprint density at radius 1 is 1.25 bits per heavy atom. The first-order valence-corrected chi connectivity index (χ1v) is 8.45. The van der Waals surface area contributed by atoms with Crippen molar-refractivity contribution in [2.75, 3.05) is 13.7 Å². The fraction of sp³-hybridized carbons (Fsp3) is 0.222. The molecule has 0 atom stereocenters. The zero-order chi connectivity index (χ0) is 16.9. The van der Waals surface area contributed by atoms with Gasteiger partial charge in [-0.1, -0.05) is 6.92 Å². The summed E-state index contributed by atoms with van der Waals surface area (Å²) in [5, 5.41) is 2.75. The number of hydrogen-bond donors (Lipinski definition) is 0. The van der Waals surface area contributed by atoms with Crippen LogP contribution in [0, 0.1) is 0 Å². The lowest BCUT2D eigenvalue weighted by atomic mass is 10.2. The third-order valence-electron chi connectivity index (χ3n) is 3.37. The van der Waals surface area contributed by atoms with Crippen LogP contribution in [0.5, 0.6) is 11.5 Å². The van der Waals surface area contributed by atoms with Gasteiger partial charge in [0.25, 0.3) is 0 Å². The quantitative estimate of drug-likeness (QED) is 0.583. The van der Waals surface area contributed by atoms with Crippen molar-refractivity contribution in [1.29, 1.82) is 0 Å². The minimum atomic E-state index is 0.291. The highest BCUT2D eigenvalue weighted by Crippen LogP contribution is 2.35. The summed E-state index contributed by atoms with van der Waals surface area (Å²) >= 11 is 1.50. The Kier molecular flexibility index (Phi) is 4.96. The Bertz CT molecular complexity index is 837. The summed E-state index contributed by atoms with van der Waals surface area (Å²) in [6.45, 7) is 2.68. The van der Waals surface area contributed by atoms with Crippen molar-refractivity contribution >= 4 is 17.6 Å². The standard InChI is InChI=1S/C18H17NO4S/c1-3-8-22-17-9-12(4-6-16(17)21-2)18-19-14(11-24-18)15-7-5-13(10-20)23-15/h4-7,9-11H,3,8H2,1-2H3. The first-order valence-electron chi connectivity index (χ1n) is 7.57. The fourth-order valence-electron chi connectivity index (χ4n) is 2.21. The van der Waals surface area contributed by atoms with E-state index in [-0.39, 0.29) is 0 Å². The van der Waals surface area contributed by atoms with Crippen LogP contribution in [0.1, 0.15) is 23.9 Å². The summed E-state index contributed by atoms with van der Waals surface area (Å²) in [7, 11) is 1.62. The van der Waals surface area contributed by atoms with Crippen molar-refractivity contribution in [1.82, 2.24) is 4.98 Å². The van der Waals surface area contributed by atoms with E-state index in [4.69, 9.17) is 13.9 Å². The number of aldehydes is 1. The predicted molar refractivity (Wildman–Crippen MR) is 93.0 cm³/mol. The summed E-state index contributed by atoms with van der Waals surface area (Å²) < 4.78 is 16.5. The van der Waals surface area contributed by atoms with Crippen molar-refractivity contribution in [3.8, 4) is 33.5 Å². The maximum Gasteiger partial charge on any atom is 0.185 e. The molecule has 0 saturated carbocycles. The summed E-state index contributed by atoms with van der Waals surface area (Å²) in [5.41, 5.74) is 1.65. The maximum atomic E-state index is 10.7. The highest BCUT2D eigenvalue weighted by atomic mass is 32.1. The zero-order valence-corrected chi connectivity index (χ0v) is 14.3. The molecular weight excluding hydrogens is 326 g/mol. The molecule has 0 fully saturated rings. The highest BCUT2D eigenvalue weighted by molar-refractivity contribution is 7.13. The molecule has 5 nitrogen and oxygen atoms in total. The van der Waals surface area contributed by atoms with E-state index in [1.807, 2.05) is 23.6 Å². The molecule has 0 spiro atoms. The summed E-state index contributed by atoms with van der Waals surface area (Å²) in [6, 6.07) is 9.12. The van der Waals surface area contributed by atoms with Crippen LogP contribution in [0.15, 0.2) is 40.1 Å². The first-order chi connectivity index (χ1) is 11.7. The Morgan fingerprint density at radius 3 is 2.83 bits per heavy atom. The predicted octanol–water partition coefficient (Wildman–Crippen LogP) is 4.68. The van der Waals surface area contributed by atoms with Crippen molar-refractivity contribution in [2.24, 2.45) is 0 Å². The third-order valence-corrected chi connectivity index (χ3v) is 4.26. The molecule has 0 amide bonds. The van der Waals surface area contributed by atoms with Crippen LogP contribution in [0.25, 0.3) is 22.0 Å². The van der Waals surface area contributed by atoms with E-state index in [0.29, 0.717) is 41.6 Å². The number of furan rings is 1. The van der Waals surface area contributed by atoms with Gasteiger partial charge in [-0.2, -0.15) is 0 Å². The second-order valence-electron chi connectivity index (χ2n) is 5.07. The molecule has 0 radical (unpaired) electrons. The molecule has 124 valence electrons. The molecule has 0 saturated heterocycles. The Morgan fingerprint density at radius 2 is 2.12 bits per heavy atom. The van der Waals surface area contributed by atoms with E-state index in [0.717, 1.165) is 17.0 Å². The van der Waals surface area contributed by atoms with Crippen LogP contribution in [0.3, 0.4) is 0 Å². The Labute approximate surface area is 143 Å². The van der Waals surface area contributed by atoms with Crippen LogP contribution in [0.2, 0.25) is 0 Å². The molecule has 0 aliphatic carbocycles. The van der Waals surface area contributed by atoms with E-state index >= 15 is 0 Å². The summed E-state index contributed by atoms with van der Waals surface area (Å²) in [4.78, 5) is 15.3. The molecule has 0 N–H and O–H groups in total. The van der Waals surface area contributed by atoms with E-state index in [2.05, 4.69) is 11.9 Å². The molecule has 0 unspecified atom stereocenters. The molecule has 6 heteroatoms. The number of thiazole rings is 1. The molecule has 1 aromatic carbocycles. The lowest BCUT2D eigenvalue weighted by molar-refractivity contribution is 0.110. The minimum absolute atomic E-state index is 0.291. The topological polar surface area (TPSA) is 61.6 Å². The van der Waals surface area contributed by atoms with Crippen LogP contribution in [-0.2, 0) is 0 Å². The van der Waals surface area contributed by atoms with Gasteiger partial charge in [-0.3, -0.25) is 4.79 Å². The van der Waals surface area contributed by atoms with Gasteiger partial charge in [0, 0.05) is 10.9 Å². The number of benzene rings is 1. The van der Waals surface area contributed by atoms with Gasteiger partial charge in [0.1, 0.15) is 10.7 Å². The van der Waals surface area contributed by atoms with Gasteiger partial charge in [-0.25, -0.2) is 4.98 Å². The van der Waals surface area contributed by atoms with E-state index in [1.165, 1.54) is 11.3 Å². The number of ether oxygens (including phenoxy) is 2. The molecule has 24 heavy (non-hydrogen) atoms. The zero-order valence-electron chi connectivity index (χ0n) is 13.4. The Balaban J connectivity index is 1.90. The van der Waals surface area contributed by atoms with Crippen molar-refractivity contribution < 1.29 is 18.7 Å². The van der Waals surface area contributed by atoms with Crippen molar-refractivity contribution in [2.45, 2.75) is 13.3 Å². The average Bonchev–Trinajstić information content (AvgIpc) is 3.28. The van der Waals surface area contributed by atoms with Gasteiger partial charge in [0.05, 0.1) is 13.7 Å². The lowest BCUT2D eigenvalue weighted by Gasteiger charge is -2.10. The van der Waals surface area contributed by atoms with E-state index in [9.17, 15) is 4.79 Å². The number of hydrogen-bond acceptors (Lipinski definition) is 6. The fourth-order valence-corrected chi connectivity index (χ4v) is 3.01. The maximum absolute atomic E-state index is 10.7. The Hall–Kier alpha value is -2.60. The minimum Gasteiger partial charge on any atom is -0.493 e. The van der Waals surface area contributed by atoms with Crippen LogP contribution < -0.4 is 9.47 Å². The third kappa shape index (κ3) is 3.33. The van der Waals surface area contributed by atoms with Crippen LogP contribution in [-0.4, -0.2) is 25.0 Å². The first kappa shape index (κ1) is 16.3. The lowest BCUT2D eigenvalue weighted by Crippen LogP contribution is -1.98. The van der Waals surface area contributed by atoms with E-state index < -0.39 is 0 Å². The van der Waals surface area contributed by atoms with Gasteiger partial charge in [0.2, 0.25) is 0 Å². The average molecular weight is 343 g/mol. The number of rotatable bonds is 7. The normalized spacial score (nSPS) is 10.6. The van der Waals surface area contributed by atoms with Crippen molar-refractivity contribution in [3.63, 3.8) is 0 Å². The van der Waals surface area contributed by atoms with Crippen LogP contribution in [0.4, 0.5) is 0 Å². The molecule has 3 aromatic rings. The number of methoxy groups -OCH3 is 1. The number of carbonyl (C=O) groups excluding carboxylic acids is 1. The van der Waals surface area contributed by atoms with Gasteiger partial charge in [0.15, 0.2) is 29.3 Å². The molecule has 0 bridgehead atoms. The molecular formula is C18H17NO4S. The summed E-state index contributed by atoms with van der Waals surface area (Å²) in [6.07, 6.45) is 1.60. The largest absolute Gasteiger partial charge is 0.493 e. The van der Waals surface area contributed by atoms with Crippen molar-refractivity contribution in [3.05, 3.63) is 41.5 Å². The smallest absolute Gasteiger partial charge is 0.185 e. The van der Waals surface area contributed by atoms with Crippen LogP contribution >= 0.6 is 11.3 Å². The highest BCUT2D eigenvalue weighted by Gasteiger charge is 2.13. The number of aromatic nitrogens is 1. The SMILES string of the molecule is CCCOc1cc(-c2nc(-c3ccc(C=O)o3)cs2)ccc1OC. The van der Waals surface area contributed by atoms with E-state index in [1.54, 1.807) is 19.2 Å². The molecule has 0 aliphatic rings. The number of carbonyl (C=O) groups is 1. The monoisotopic (exact) mass is 343 g/mol. The second kappa shape index (κ2) is 7.31. The summed E-state index contributed by atoms with van der Waals surface area (Å²) in [5.74, 6) is 2.27. The van der Waals surface area contributed by atoms with Gasteiger partial charge in [-0.05, 0) is 36.8 Å².